The lowest BCUT2D eigenvalue weighted by molar-refractivity contribution is -0.124. The highest BCUT2D eigenvalue weighted by Gasteiger charge is 2.46. The molecule has 0 aromatic rings. The summed E-state index contributed by atoms with van der Waals surface area (Å²) in [6.07, 6.45) is 4.12. The summed E-state index contributed by atoms with van der Waals surface area (Å²) in [5, 5.41) is 6.23. The molecule has 15 heavy (non-hydrogen) atoms. The number of hydrogen-bond acceptors (Lipinski definition) is 3. The largest absolute Gasteiger partial charge is 0.317 e. The summed E-state index contributed by atoms with van der Waals surface area (Å²) in [7, 11) is 0. The standard InChI is InChI=1S/C10H15N3O.ClH/c14-9-10(3-5-11-6-4-10)13-8(12-9)7-1-2-7;/h7,11H,1-6H2,(H,12,13,14);1H. The molecular formula is C10H16ClN3O. The van der Waals surface area contributed by atoms with Gasteiger partial charge in [-0.2, -0.15) is 0 Å². The van der Waals surface area contributed by atoms with Gasteiger partial charge in [0.05, 0.1) is 0 Å². The Morgan fingerprint density at radius 2 is 1.93 bits per heavy atom. The minimum Gasteiger partial charge on any atom is -0.317 e. The van der Waals surface area contributed by atoms with E-state index in [4.69, 9.17) is 0 Å². The number of carbonyl (C=O) groups excluding carboxylic acids is 1. The van der Waals surface area contributed by atoms with Crippen LogP contribution in [0.2, 0.25) is 0 Å². The Bertz CT molecular complexity index is 306. The van der Waals surface area contributed by atoms with Crippen LogP contribution in [0.15, 0.2) is 4.99 Å². The van der Waals surface area contributed by atoms with Crippen LogP contribution in [-0.2, 0) is 4.79 Å². The third-order valence-corrected chi connectivity index (χ3v) is 3.39. The number of rotatable bonds is 1. The summed E-state index contributed by atoms with van der Waals surface area (Å²) in [6.45, 7) is 1.82. The van der Waals surface area contributed by atoms with Crippen molar-refractivity contribution in [3.05, 3.63) is 0 Å². The smallest absolute Gasteiger partial charge is 0.253 e. The van der Waals surface area contributed by atoms with Crippen molar-refractivity contribution in [2.75, 3.05) is 13.1 Å². The van der Waals surface area contributed by atoms with E-state index < -0.39 is 5.54 Å². The molecule has 0 aromatic carbocycles. The third-order valence-electron chi connectivity index (χ3n) is 3.39. The van der Waals surface area contributed by atoms with E-state index in [2.05, 4.69) is 15.6 Å². The molecule has 0 radical (unpaired) electrons. The van der Waals surface area contributed by atoms with E-state index >= 15 is 0 Å². The van der Waals surface area contributed by atoms with Crippen LogP contribution in [0, 0.1) is 5.92 Å². The SMILES string of the molecule is Cl.O=C1NC(C2CC2)=NC12CCNCC2. The van der Waals surface area contributed by atoms with Gasteiger partial charge in [0.25, 0.3) is 5.91 Å². The predicted octanol–water partition coefficient (Wildman–Crippen LogP) is 0.469. The minimum absolute atomic E-state index is 0. The number of amidine groups is 1. The molecule has 2 N–H and O–H groups in total. The van der Waals surface area contributed by atoms with Gasteiger partial charge in [-0.25, -0.2) is 0 Å². The highest BCUT2D eigenvalue weighted by atomic mass is 35.5. The summed E-state index contributed by atoms with van der Waals surface area (Å²) in [4.78, 5) is 16.5. The van der Waals surface area contributed by atoms with Crippen LogP contribution in [0.3, 0.4) is 0 Å². The van der Waals surface area contributed by atoms with E-state index in [-0.39, 0.29) is 18.3 Å². The zero-order chi connectivity index (χ0) is 9.60. The Balaban J connectivity index is 0.000000853. The number of piperidine rings is 1. The second-order valence-electron chi connectivity index (χ2n) is 4.51. The summed E-state index contributed by atoms with van der Waals surface area (Å²) in [5.41, 5.74) is -0.400. The molecule has 0 bridgehead atoms. The Morgan fingerprint density at radius 3 is 2.53 bits per heavy atom. The molecule has 1 aliphatic carbocycles. The lowest BCUT2D eigenvalue weighted by atomic mass is 9.89. The highest BCUT2D eigenvalue weighted by Crippen LogP contribution is 2.35. The average molecular weight is 230 g/mol. The summed E-state index contributed by atoms with van der Waals surface area (Å²) < 4.78 is 0. The molecule has 2 fully saturated rings. The molecule has 84 valence electrons. The van der Waals surface area contributed by atoms with Gasteiger partial charge in [0.15, 0.2) is 0 Å². The van der Waals surface area contributed by atoms with Crippen molar-refractivity contribution in [3.63, 3.8) is 0 Å². The van der Waals surface area contributed by atoms with E-state index in [0.29, 0.717) is 5.92 Å². The van der Waals surface area contributed by atoms with Gasteiger partial charge in [-0.1, -0.05) is 0 Å². The van der Waals surface area contributed by atoms with Crippen molar-refractivity contribution in [1.82, 2.24) is 10.6 Å². The number of aliphatic imine (C=N–C) groups is 1. The van der Waals surface area contributed by atoms with Crippen LogP contribution in [0.5, 0.6) is 0 Å². The van der Waals surface area contributed by atoms with Gasteiger partial charge in [0.1, 0.15) is 11.4 Å². The van der Waals surface area contributed by atoms with Gasteiger partial charge in [0, 0.05) is 5.92 Å². The summed E-state index contributed by atoms with van der Waals surface area (Å²) in [6, 6.07) is 0. The second kappa shape index (κ2) is 3.76. The Hall–Kier alpha value is -0.610. The number of carbonyl (C=O) groups is 1. The molecule has 2 heterocycles. The average Bonchev–Trinajstić information content (AvgIpc) is 2.98. The molecule has 1 amide bonds. The summed E-state index contributed by atoms with van der Waals surface area (Å²) in [5.74, 6) is 1.67. The molecule has 5 heteroatoms. The fourth-order valence-electron chi connectivity index (χ4n) is 2.27. The van der Waals surface area contributed by atoms with Gasteiger partial charge in [0.2, 0.25) is 0 Å². The second-order valence-corrected chi connectivity index (χ2v) is 4.51. The molecule has 2 aliphatic heterocycles. The fraction of sp³-hybridized carbons (Fsp3) is 0.800. The molecular weight excluding hydrogens is 214 g/mol. The van der Waals surface area contributed by atoms with Crippen LogP contribution < -0.4 is 10.6 Å². The highest BCUT2D eigenvalue weighted by molar-refractivity contribution is 6.09. The molecule has 4 nitrogen and oxygen atoms in total. The zero-order valence-corrected chi connectivity index (χ0v) is 9.40. The molecule has 0 unspecified atom stereocenters. The first-order chi connectivity index (χ1) is 6.80. The van der Waals surface area contributed by atoms with Crippen LogP contribution in [0.25, 0.3) is 0 Å². The van der Waals surface area contributed by atoms with E-state index in [1.807, 2.05) is 0 Å². The zero-order valence-electron chi connectivity index (χ0n) is 8.58. The van der Waals surface area contributed by atoms with Crippen molar-refractivity contribution in [3.8, 4) is 0 Å². The maximum atomic E-state index is 11.8. The van der Waals surface area contributed by atoms with Crippen molar-refractivity contribution < 1.29 is 4.79 Å². The van der Waals surface area contributed by atoms with Crippen LogP contribution in [0.4, 0.5) is 0 Å². The maximum Gasteiger partial charge on any atom is 0.253 e. The monoisotopic (exact) mass is 229 g/mol. The first-order valence-corrected chi connectivity index (χ1v) is 5.42. The Labute approximate surface area is 95.3 Å². The lowest BCUT2D eigenvalue weighted by Crippen LogP contribution is -2.47. The molecule has 0 aromatic heterocycles. The topological polar surface area (TPSA) is 53.5 Å². The van der Waals surface area contributed by atoms with E-state index in [0.717, 1.165) is 31.8 Å². The maximum absolute atomic E-state index is 11.8. The van der Waals surface area contributed by atoms with E-state index in [1.165, 1.54) is 12.8 Å². The van der Waals surface area contributed by atoms with Gasteiger partial charge < -0.3 is 10.6 Å². The first kappa shape index (κ1) is 10.9. The van der Waals surface area contributed by atoms with Gasteiger partial charge in [-0.15, -0.1) is 12.4 Å². The van der Waals surface area contributed by atoms with Crippen molar-refractivity contribution in [2.45, 2.75) is 31.2 Å². The third kappa shape index (κ3) is 1.76. The minimum atomic E-state index is -0.400. The van der Waals surface area contributed by atoms with Crippen LogP contribution in [-0.4, -0.2) is 30.4 Å². The molecule has 1 saturated carbocycles. The Kier molecular flexibility index (Phi) is 2.73. The van der Waals surface area contributed by atoms with Crippen molar-refractivity contribution in [1.29, 1.82) is 0 Å². The predicted molar refractivity (Wildman–Crippen MR) is 60.4 cm³/mol. The molecule has 0 atom stereocenters. The van der Waals surface area contributed by atoms with Gasteiger partial charge >= 0.3 is 0 Å². The summed E-state index contributed by atoms with van der Waals surface area (Å²) >= 11 is 0. The number of hydrogen-bond donors (Lipinski definition) is 2. The number of nitrogens with one attached hydrogen (secondary N) is 2. The quantitative estimate of drug-likeness (QED) is 0.687. The Morgan fingerprint density at radius 1 is 1.27 bits per heavy atom. The van der Waals surface area contributed by atoms with E-state index in [1.54, 1.807) is 0 Å². The number of halogens is 1. The normalized spacial score (nSPS) is 28.3. The van der Waals surface area contributed by atoms with E-state index in [9.17, 15) is 4.79 Å². The molecule has 1 spiro atoms. The van der Waals surface area contributed by atoms with Crippen molar-refractivity contribution >= 4 is 24.1 Å². The first-order valence-electron chi connectivity index (χ1n) is 5.42. The number of amides is 1. The molecule has 1 saturated heterocycles. The molecule has 3 rings (SSSR count). The molecule has 3 aliphatic rings. The fourth-order valence-corrected chi connectivity index (χ4v) is 2.27. The number of nitrogens with zero attached hydrogens (tertiary/aromatic N) is 1. The lowest BCUT2D eigenvalue weighted by Gasteiger charge is -2.28. The van der Waals surface area contributed by atoms with Crippen molar-refractivity contribution in [2.24, 2.45) is 10.9 Å². The van der Waals surface area contributed by atoms with Gasteiger partial charge in [-0.3, -0.25) is 9.79 Å². The van der Waals surface area contributed by atoms with Crippen LogP contribution in [0.1, 0.15) is 25.7 Å². The van der Waals surface area contributed by atoms with Crippen LogP contribution >= 0.6 is 12.4 Å². The van der Waals surface area contributed by atoms with Gasteiger partial charge in [-0.05, 0) is 38.8 Å².